The first-order valence-electron chi connectivity index (χ1n) is 8.51. The lowest BCUT2D eigenvalue weighted by atomic mass is 10.2. The molecule has 6 heteroatoms. The van der Waals surface area contributed by atoms with Gasteiger partial charge in [0.25, 0.3) is 5.91 Å². The minimum Gasteiger partial charge on any atom is -0.496 e. The summed E-state index contributed by atoms with van der Waals surface area (Å²) in [5, 5.41) is 6.07. The summed E-state index contributed by atoms with van der Waals surface area (Å²) in [6.45, 7) is 0. The van der Waals surface area contributed by atoms with E-state index in [1.165, 1.54) is 0 Å². The van der Waals surface area contributed by atoms with Crippen molar-refractivity contribution in [3.63, 3.8) is 0 Å². The molecule has 0 saturated carbocycles. The van der Waals surface area contributed by atoms with Gasteiger partial charge in [0.2, 0.25) is 0 Å². The molecule has 1 heterocycles. The molecule has 1 aromatic heterocycles. The fourth-order valence-corrected chi connectivity index (χ4v) is 2.56. The molecular formula is C21H22N4O2. The molecule has 0 aliphatic carbocycles. The second-order valence-corrected chi connectivity index (χ2v) is 6.15. The molecule has 27 heavy (non-hydrogen) atoms. The summed E-state index contributed by atoms with van der Waals surface area (Å²) in [6.07, 6.45) is 1.61. The number of amides is 1. The maximum Gasteiger partial charge on any atom is 0.259 e. The van der Waals surface area contributed by atoms with Crippen LogP contribution in [0.4, 0.5) is 22.9 Å². The molecule has 0 aliphatic rings. The number of aromatic nitrogens is 1. The number of anilines is 4. The number of methoxy groups -OCH3 is 1. The number of carbonyl (C=O) groups is 1. The molecule has 1 amide bonds. The number of nitrogens with one attached hydrogen (secondary N) is 2. The Morgan fingerprint density at radius 2 is 1.67 bits per heavy atom. The van der Waals surface area contributed by atoms with E-state index in [1.54, 1.807) is 37.6 Å². The van der Waals surface area contributed by atoms with Gasteiger partial charge < -0.3 is 20.3 Å². The van der Waals surface area contributed by atoms with Gasteiger partial charge in [0, 0.05) is 25.5 Å². The van der Waals surface area contributed by atoms with Crippen LogP contribution in [0.15, 0.2) is 66.9 Å². The minimum atomic E-state index is -0.241. The Kier molecular flexibility index (Phi) is 5.56. The standard InChI is InChI=1S/C21H22N4O2/c1-25(2)17-11-8-15(9-12-17)23-20-13-10-16(14-22-20)24-21(26)18-6-4-5-7-19(18)27-3/h4-14H,1-3H3,(H,22,23)(H,24,26). The first-order chi connectivity index (χ1) is 13.1. The highest BCUT2D eigenvalue weighted by Crippen LogP contribution is 2.21. The van der Waals surface area contributed by atoms with Gasteiger partial charge in [-0.2, -0.15) is 0 Å². The van der Waals surface area contributed by atoms with Gasteiger partial charge in [-0.3, -0.25) is 4.79 Å². The van der Waals surface area contributed by atoms with Crippen molar-refractivity contribution in [2.24, 2.45) is 0 Å². The molecule has 0 unspecified atom stereocenters. The Balaban J connectivity index is 1.65. The van der Waals surface area contributed by atoms with Gasteiger partial charge >= 0.3 is 0 Å². The molecule has 0 saturated heterocycles. The van der Waals surface area contributed by atoms with Crippen LogP contribution in [0.25, 0.3) is 0 Å². The van der Waals surface area contributed by atoms with Gasteiger partial charge in [-0.25, -0.2) is 4.98 Å². The zero-order valence-corrected chi connectivity index (χ0v) is 15.6. The maximum atomic E-state index is 12.4. The first-order valence-corrected chi connectivity index (χ1v) is 8.51. The molecule has 0 spiro atoms. The maximum absolute atomic E-state index is 12.4. The number of carbonyl (C=O) groups excluding carboxylic acids is 1. The third kappa shape index (κ3) is 4.55. The highest BCUT2D eigenvalue weighted by Gasteiger charge is 2.11. The third-order valence-electron chi connectivity index (χ3n) is 4.03. The predicted molar refractivity (Wildman–Crippen MR) is 109 cm³/mol. The van der Waals surface area contributed by atoms with Crippen LogP contribution >= 0.6 is 0 Å². The van der Waals surface area contributed by atoms with Crippen LogP contribution in [-0.4, -0.2) is 32.1 Å². The number of ether oxygens (including phenoxy) is 1. The SMILES string of the molecule is COc1ccccc1C(=O)Nc1ccc(Nc2ccc(N(C)C)cc2)nc1. The van der Waals surface area contributed by atoms with Crippen LogP contribution in [0.5, 0.6) is 5.75 Å². The molecular weight excluding hydrogens is 340 g/mol. The van der Waals surface area contributed by atoms with E-state index in [9.17, 15) is 4.79 Å². The van der Waals surface area contributed by atoms with Crippen molar-refractivity contribution >= 4 is 28.8 Å². The van der Waals surface area contributed by atoms with Crippen LogP contribution in [0, 0.1) is 0 Å². The normalized spacial score (nSPS) is 10.2. The minimum absolute atomic E-state index is 0.241. The van der Waals surface area contributed by atoms with E-state index in [0.717, 1.165) is 11.4 Å². The summed E-state index contributed by atoms with van der Waals surface area (Å²) in [5.41, 5.74) is 3.16. The van der Waals surface area contributed by atoms with Crippen molar-refractivity contribution in [2.45, 2.75) is 0 Å². The van der Waals surface area contributed by atoms with Crippen molar-refractivity contribution < 1.29 is 9.53 Å². The van der Waals surface area contributed by atoms with Crippen molar-refractivity contribution in [3.05, 3.63) is 72.4 Å². The molecule has 2 N–H and O–H groups in total. The Bertz CT molecular complexity index is 906. The number of pyridine rings is 1. The Morgan fingerprint density at radius 1 is 0.963 bits per heavy atom. The smallest absolute Gasteiger partial charge is 0.259 e. The van der Waals surface area contributed by atoms with Crippen LogP contribution < -0.4 is 20.3 Å². The van der Waals surface area contributed by atoms with Gasteiger partial charge in [0.05, 0.1) is 24.6 Å². The fourth-order valence-electron chi connectivity index (χ4n) is 2.56. The van der Waals surface area contributed by atoms with Gasteiger partial charge in [-0.05, 0) is 48.5 Å². The van der Waals surface area contributed by atoms with Gasteiger partial charge in [-0.1, -0.05) is 12.1 Å². The molecule has 0 atom stereocenters. The van der Waals surface area contributed by atoms with Crippen LogP contribution in [0.2, 0.25) is 0 Å². The summed E-state index contributed by atoms with van der Waals surface area (Å²) in [6, 6.07) is 18.8. The Morgan fingerprint density at radius 3 is 2.30 bits per heavy atom. The monoisotopic (exact) mass is 362 g/mol. The Labute approximate surface area is 158 Å². The van der Waals surface area contributed by atoms with E-state index < -0.39 is 0 Å². The second kappa shape index (κ2) is 8.23. The van der Waals surface area contributed by atoms with E-state index in [1.807, 2.05) is 55.4 Å². The van der Waals surface area contributed by atoms with Crippen molar-refractivity contribution in [3.8, 4) is 5.75 Å². The third-order valence-corrected chi connectivity index (χ3v) is 4.03. The number of para-hydroxylation sites is 1. The van der Waals surface area contributed by atoms with Crippen LogP contribution in [0.3, 0.4) is 0 Å². The first kappa shape index (κ1) is 18.3. The zero-order valence-electron chi connectivity index (χ0n) is 15.6. The number of rotatable bonds is 6. The van der Waals surface area contributed by atoms with Crippen LogP contribution in [-0.2, 0) is 0 Å². The van der Waals surface area contributed by atoms with E-state index in [2.05, 4.69) is 15.6 Å². The average Bonchev–Trinajstić information content (AvgIpc) is 2.69. The molecule has 3 aromatic rings. The highest BCUT2D eigenvalue weighted by atomic mass is 16.5. The zero-order chi connectivity index (χ0) is 19.2. The van der Waals surface area contributed by atoms with E-state index in [-0.39, 0.29) is 5.91 Å². The quantitative estimate of drug-likeness (QED) is 0.689. The second-order valence-electron chi connectivity index (χ2n) is 6.15. The van der Waals surface area contributed by atoms with E-state index >= 15 is 0 Å². The van der Waals surface area contributed by atoms with Crippen molar-refractivity contribution in [1.82, 2.24) is 4.98 Å². The molecule has 3 rings (SSSR count). The molecule has 138 valence electrons. The molecule has 6 nitrogen and oxygen atoms in total. The lowest BCUT2D eigenvalue weighted by Crippen LogP contribution is -2.13. The summed E-state index contributed by atoms with van der Waals surface area (Å²) in [7, 11) is 5.54. The lowest BCUT2D eigenvalue weighted by Gasteiger charge is -2.13. The Hall–Kier alpha value is -3.54. The summed E-state index contributed by atoms with van der Waals surface area (Å²) in [4.78, 5) is 18.8. The number of hydrogen-bond acceptors (Lipinski definition) is 5. The van der Waals surface area contributed by atoms with Crippen molar-refractivity contribution in [1.29, 1.82) is 0 Å². The largest absolute Gasteiger partial charge is 0.496 e. The average molecular weight is 362 g/mol. The summed E-state index contributed by atoms with van der Waals surface area (Å²) >= 11 is 0. The van der Waals surface area contributed by atoms with Gasteiger partial charge in [-0.15, -0.1) is 0 Å². The molecule has 0 aliphatic heterocycles. The molecule has 2 aromatic carbocycles. The topological polar surface area (TPSA) is 66.5 Å². The fraction of sp³-hybridized carbons (Fsp3) is 0.143. The van der Waals surface area contributed by atoms with Gasteiger partial charge in [0.15, 0.2) is 0 Å². The molecule has 0 fully saturated rings. The lowest BCUT2D eigenvalue weighted by molar-refractivity contribution is 0.102. The summed E-state index contributed by atoms with van der Waals surface area (Å²) in [5.74, 6) is 0.986. The van der Waals surface area contributed by atoms with Crippen molar-refractivity contribution in [2.75, 3.05) is 36.7 Å². The summed E-state index contributed by atoms with van der Waals surface area (Å²) < 4.78 is 5.22. The van der Waals surface area contributed by atoms with E-state index in [0.29, 0.717) is 22.8 Å². The molecule has 0 bridgehead atoms. The van der Waals surface area contributed by atoms with Gasteiger partial charge in [0.1, 0.15) is 11.6 Å². The number of benzene rings is 2. The number of hydrogen-bond donors (Lipinski definition) is 2. The predicted octanol–water partition coefficient (Wildman–Crippen LogP) is 4.15. The number of nitrogens with zero attached hydrogens (tertiary/aromatic N) is 2. The highest BCUT2D eigenvalue weighted by molar-refractivity contribution is 6.06. The molecule has 0 radical (unpaired) electrons. The van der Waals surface area contributed by atoms with Crippen LogP contribution in [0.1, 0.15) is 10.4 Å². The van der Waals surface area contributed by atoms with E-state index in [4.69, 9.17) is 4.74 Å².